The predicted octanol–water partition coefficient (Wildman–Crippen LogP) is 1.72. The maximum absolute atomic E-state index is 11.6. The number of hydrogen-bond donors (Lipinski definition) is 1. The monoisotopic (exact) mass is 188 g/mol. The molecule has 0 amide bonds. The van der Waals surface area contributed by atoms with E-state index in [1.165, 1.54) is 0 Å². The Morgan fingerprint density at radius 2 is 1.64 bits per heavy atom. The molecule has 0 saturated heterocycles. The van der Waals surface area contributed by atoms with Crippen molar-refractivity contribution in [1.29, 1.82) is 0 Å². The van der Waals surface area contributed by atoms with Crippen LogP contribution in [0.25, 0.3) is 0 Å². The highest BCUT2D eigenvalue weighted by Crippen LogP contribution is 2.23. The van der Waals surface area contributed by atoms with Gasteiger partial charge in [0, 0.05) is 0 Å². The summed E-state index contributed by atoms with van der Waals surface area (Å²) < 4.78 is 39.3. The number of aliphatic hydroxyl groups is 1. The van der Waals surface area contributed by atoms with E-state index in [4.69, 9.17) is 5.11 Å². The quantitative estimate of drug-likeness (QED) is 0.528. The zero-order valence-electron chi connectivity index (χ0n) is 6.57. The molecule has 0 spiro atoms. The van der Waals surface area contributed by atoms with Crippen molar-refractivity contribution in [2.45, 2.75) is 32.1 Å². The van der Waals surface area contributed by atoms with Crippen molar-refractivity contribution in [1.82, 2.24) is 0 Å². The van der Waals surface area contributed by atoms with E-state index in [2.05, 4.69) is 4.43 Å². The van der Waals surface area contributed by atoms with Crippen molar-refractivity contribution in [3.8, 4) is 0 Å². The first-order chi connectivity index (χ1) is 4.63. The molecule has 11 heavy (non-hydrogen) atoms. The van der Waals surface area contributed by atoms with Crippen LogP contribution in [0.1, 0.15) is 0 Å². The van der Waals surface area contributed by atoms with Gasteiger partial charge in [-0.2, -0.15) is 13.2 Å². The summed E-state index contributed by atoms with van der Waals surface area (Å²) in [6, 6.07) is 0. The van der Waals surface area contributed by atoms with Crippen LogP contribution in [0.4, 0.5) is 13.2 Å². The van der Waals surface area contributed by atoms with Crippen LogP contribution in [0.2, 0.25) is 19.6 Å². The van der Waals surface area contributed by atoms with Gasteiger partial charge in [0.15, 0.2) is 8.32 Å². The highest BCUT2D eigenvalue weighted by Gasteiger charge is 2.41. The van der Waals surface area contributed by atoms with E-state index >= 15 is 0 Å². The Bertz CT molecular complexity index is 129. The molecule has 0 bridgehead atoms. The minimum Gasteiger partial charge on any atom is -0.387 e. The van der Waals surface area contributed by atoms with Crippen molar-refractivity contribution < 1.29 is 22.7 Å². The van der Waals surface area contributed by atoms with Gasteiger partial charge in [0.1, 0.15) is 0 Å². The van der Waals surface area contributed by atoms with Gasteiger partial charge in [0.2, 0.25) is 6.29 Å². The summed E-state index contributed by atoms with van der Waals surface area (Å²) in [5, 5.41) is 8.41. The molecular formula is C5H11F3O2Si. The Labute approximate surface area is 64.1 Å². The van der Waals surface area contributed by atoms with E-state index in [-0.39, 0.29) is 0 Å². The second-order valence-corrected chi connectivity index (χ2v) is 7.58. The van der Waals surface area contributed by atoms with Gasteiger partial charge in [-0.3, -0.25) is 0 Å². The Morgan fingerprint density at radius 1 is 1.27 bits per heavy atom. The summed E-state index contributed by atoms with van der Waals surface area (Å²) in [6.07, 6.45) is -7.30. The number of alkyl halides is 3. The molecule has 0 rings (SSSR count). The summed E-state index contributed by atoms with van der Waals surface area (Å²) in [5.74, 6) is 0. The lowest BCUT2D eigenvalue weighted by Gasteiger charge is -2.23. The van der Waals surface area contributed by atoms with Crippen LogP contribution in [0, 0.1) is 0 Å². The third-order valence-corrected chi connectivity index (χ3v) is 1.68. The third-order valence-electron chi connectivity index (χ3n) is 0.745. The first kappa shape index (κ1) is 10.9. The smallest absolute Gasteiger partial charge is 0.387 e. The third kappa shape index (κ3) is 5.22. The van der Waals surface area contributed by atoms with Crippen LogP contribution in [0.5, 0.6) is 0 Å². The van der Waals surface area contributed by atoms with Crippen LogP contribution >= 0.6 is 0 Å². The molecule has 0 aliphatic heterocycles. The largest absolute Gasteiger partial charge is 0.438 e. The van der Waals surface area contributed by atoms with Gasteiger partial charge in [0.25, 0.3) is 0 Å². The van der Waals surface area contributed by atoms with E-state index in [9.17, 15) is 13.2 Å². The number of rotatable bonds is 2. The maximum atomic E-state index is 11.6. The van der Waals surface area contributed by atoms with Crippen molar-refractivity contribution in [3.05, 3.63) is 0 Å². The lowest BCUT2D eigenvalue weighted by molar-refractivity contribution is -0.268. The molecule has 1 unspecified atom stereocenters. The second-order valence-electron chi connectivity index (χ2n) is 3.12. The maximum Gasteiger partial charge on any atom is 0.438 e. The topological polar surface area (TPSA) is 29.5 Å². The van der Waals surface area contributed by atoms with Crippen LogP contribution in [0.15, 0.2) is 0 Å². The van der Waals surface area contributed by atoms with E-state index in [1.807, 2.05) is 0 Å². The predicted molar refractivity (Wildman–Crippen MR) is 36.5 cm³/mol. The molecular weight excluding hydrogens is 177 g/mol. The fourth-order valence-corrected chi connectivity index (χ4v) is 1.21. The first-order valence-electron chi connectivity index (χ1n) is 3.05. The van der Waals surface area contributed by atoms with E-state index in [1.54, 1.807) is 19.6 Å². The van der Waals surface area contributed by atoms with Crippen molar-refractivity contribution in [3.63, 3.8) is 0 Å². The van der Waals surface area contributed by atoms with Gasteiger partial charge in [-0.05, 0) is 19.6 Å². The summed E-state index contributed by atoms with van der Waals surface area (Å²) in [5.41, 5.74) is 0. The highest BCUT2D eigenvalue weighted by atomic mass is 28.4. The van der Waals surface area contributed by atoms with E-state index < -0.39 is 20.8 Å². The molecule has 68 valence electrons. The van der Waals surface area contributed by atoms with Gasteiger partial charge in [-0.15, -0.1) is 0 Å². The summed E-state index contributed by atoms with van der Waals surface area (Å²) in [4.78, 5) is 0. The molecule has 6 heteroatoms. The summed E-state index contributed by atoms with van der Waals surface area (Å²) in [6.45, 7) is 4.71. The van der Waals surface area contributed by atoms with Gasteiger partial charge >= 0.3 is 6.18 Å². The van der Waals surface area contributed by atoms with Crippen LogP contribution < -0.4 is 0 Å². The Balaban J connectivity index is 3.99. The number of halogens is 3. The molecule has 0 fully saturated rings. The molecule has 0 aliphatic rings. The molecule has 0 aromatic carbocycles. The zero-order valence-corrected chi connectivity index (χ0v) is 7.57. The zero-order chi connectivity index (χ0) is 9.28. The fourth-order valence-electron chi connectivity index (χ4n) is 0.402. The molecule has 0 aliphatic carbocycles. The minimum absolute atomic E-state index is 1.57. The van der Waals surface area contributed by atoms with Gasteiger partial charge in [-0.25, -0.2) is 0 Å². The van der Waals surface area contributed by atoms with Gasteiger partial charge in [-0.1, -0.05) is 0 Å². The standard InChI is InChI=1S/C5H11F3O2Si/c1-11(2,3)10-4(9)5(6,7)8/h4,9H,1-3H3. The van der Waals surface area contributed by atoms with Gasteiger partial charge < -0.3 is 9.53 Å². The number of hydrogen-bond acceptors (Lipinski definition) is 2. The SMILES string of the molecule is C[Si](C)(C)OC(O)C(F)(F)F. The van der Waals surface area contributed by atoms with E-state index in [0.29, 0.717) is 0 Å². The highest BCUT2D eigenvalue weighted by molar-refractivity contribution is 6.69. The average molecular weight is 188 g/mol. The van der Waals surface area contributed by atoms with Crippen molar-refractivity contribution in [2.75, 3.05) is 0 Å². The number of aliphatic hydroxyl groups excluding tert-OH is 1. The molecule has 0 aromatic heterocycles. The summed E-state index contributed by atoms with van der Waals surface area (Å²) in [7, 11) is -2.30. The van der Waals surface area contributed by atoms with Gasteiger partial charge in [0.05, 0.1) is 0 Å². The molecule has 0 saturated carbocycles. The van der Waals surface area contributed by atoms with E-state index in [0.717, 1.165) is 0 Å². The molecule has 0 aromatic rings. The first-order valence-corrected chi connectivity index (χ1v) is 6.46. The summed E-state index contributed by atoms with van der Waals surface area (Å²) >= 11 is 0. The second kappa shape index (κ2) is 3.12. The molecule has 0 heterocycles. The van der Waals surface area contributed by atoms with Crippen LogP contribution in [-0.4, -0.2) is 25.9 Å². The Kier molecular flexibility index (Phi) is 3.10. The lowest BCUT2D eigenvalue weighted by atomic mass is 10.6. The molecule has 2 nitrogen and oxygen atoms in total. The normalized spacial score (nSPS) is 16.6. The van der Waals surface area contributed by atoms with Crippen molar-refractivity contribution in [2.24, 2.45) is 0 Å². The Hall–Kier alpha value is -0.0731. The van der Waals surface area contributed by atoms with Crippen molar-refractivity contribution >= 4 is 8.32 Å². The fraction of sp³-hybridized carbons (Fsp3) is 1.00. The molecule has 1 atom stereocenters. The van der Waals surface area contributed by atoms with Crippen LogP contribution in [0.3, 0.4) is 0 Å². The minimum atomic E-state index is -4.67. The molecule has 0 radical (unpaired) electrons. The van der Waals surface area contributed by atoms with Crippen LogP contribution in [-0.2, 0) is 4.43 Å². The average Bonchev–Trinajstić information content (AvgIpc) is 1.56. The Morgan fingerprint density at radius 3 is 1.73 bits per heavy atom. The molecule has 1 N–H and O–H groups in total. The lowest BCUT2D eigenvalue weighted by Crippen LogP contribution is -2.40.